The third kappa shape index (κ3) is 5.62. The minimum absolute atomic E-state index is 0.0914. The number of hydrogen-bond acceptors (Lipinski definition) is 4. The molecule has 0 bridgehead atoms. The molecule has 3 aromatic carbocycles. The number of carboxylic acids is 1. The summed E-state index contributed by atoms with van der Waals surface area (Å²) in [6.45, 7) is 2.64. The maximum absolute atomic E-state index is 13.3. The second-order valence-corrected chi connectivity index (χ2v) is 10.5. The topological polar surface area (TPSA) is 101 Å². The second kappa shape index (κ2) is 11.2. The highest BCUT2D eigenvalue weighted by atomic mass is 16.4. The highest BCUT2D eigenvalue weighted by Gasteiger charge is 2.42. The number of unbranched alkanes of at least 4 members (excludes halogenated alkanes) is 1. The standard InChI is InChI=1S/C32H33N3O4/c1-22-14-16-24(17-15-22)28(36)29-33-26-12-2-3-13-27(26)35(29)20-7-4-9-23-10-8-11-25(21-23)30(37)34-32(31(38)39)18-5-6-19-32/h2-3,8,10-17,21H,4-7,9,18-20H2,1H3,(H,34,37)(H,38,39). The predicted octanol–water partition coefficient (Wildman–Crippen LogP) is 5.73. The van der Waals surface area contributed by atoms with E-state index in [1.807, 2.05) is 78.2 Å². The van der Waals surface area contributed by atoms with Crippen LogP contribution in [-0.2, 0) is 17.8 Å². The van der Waals surface area contributed by atoms with Gasteiger partial charge in [-0.2, -0.15) is 0 Å². The van der Waals surface area contributed by atoms with Crippen LogP contribution in [0.5, 0.6) is 0 Å². The summed E-state index contributed by atoms with van der Waals surface area (Å²) in [4.78, 5) is 42.7. The Morgan fingerprint density at radius 1 is 0.923 bits per heavy atom. The maximum Gasteiger partial charge on any atom is 0.329 e. The molecule has 0 aliphatic heterocycles. The fourth-order valence-electron chi connectivity index (χ4n) is 5.44. The Morgan fingerprint density at radius 2 is 1.67 bits per heavy atom. The molecular formula is C32H33N3O4. The van der Waals surface area contributed by atoms with Crippen LogP contribution >= 0.6 is 0 Å². The number of hydrogen-bond donors (Lipinski definition) is 2. The average molecular weight is 524 g/mol. The van der Waals surface area contributed by atoms with Crippen molar-refractivity contribution >= 4 is 28.7 Å². The van der Waals surface area contributed by atoms with Gasteiger partial charge in [0.2, 0.25) is 5.78 Å². The summed E-state index contributed by atoms with van der Waals surface area (Å²) in [5.74, 6) is -0.952. The molecule has 0 saturated heterocycles. The van der Waals surface area contributed by atoms with Crippen LogP contribution in [0.4, 0.5) is 0 Å². The van der Waals surface area contributed by atoms with Gasteiger partial charge in [-0.05, 0) is 68.9 Å². The van der Waals surface area contributed by atoms with Gasteiger partial charge in [0.1, 0.15) is 5.54 Å². The summed E-state index contributed by atoms with van der Waals surface area (Å²) in [7, 11) is 0. The summed E-state index contributed by atoms with van der Waals surface area (Å²) in [6, 6.07) is 22.7. The molecule has 4 aromatic rings. The number of rotatable bonds is 10. The first-order valence-corrected chi connectivity index (χ1v) is 13.6. The van der Waals surface area contributed by atoms with Crippen LogP contribution < -0.4 is 5.32 Å². The first-order chi connectivity index (χ1) is 18.9. The summed E-state index contributed by atoms with van der Waals surface area (Å²) in [6.07, 6.45) is 4.98. The van der Waals surface area contributed by atoms with E-state index in [1.165, 1.54) is 0 Å². The van der Waals surface area contributed by atoms with Crippen LogP contribution in [-0.4, -0.2) is 37.9 Å². The zero-order valence-corrected chi connectivity index (χ0v) is 22.2. The van der Waals surface area contributed by atoms with E-state index >= 15 is 0 Å². The van der Waals surface area contributed by atoms with Crippen molar-refractivity contribution in [2.45, 2.75) is 64.0 Å². The molecular weight excluding hydrogens is 490 g/mol. The molecule has 2 N–H and O–H groups in total. The molecule has 200 valence electrons. The van der Waals surface area contributed by atoms with Gasteiger partial charge in [-0.25, -0.2) is 9.78 Å². The number of aryl methyl sites for hydroxylation is 3. The Labute approximate surface area is 227 Å². The number of carbonyl (C=O) groups is 3. The normalized spacial score (nSPS) is 14.4. The van der Waals surface area contributed by atoms with Crippen LogP contribution in [0.3, 0.4) is 0 Å². The van der Waals surface area contributed by atoms with Gasteiger partial charge in [-0.15, -0.1) is 0 Å². The highest BCUT2D eigenvalue weighted by molar-refractivity contribution is 6.08. The molecule has 1 amide bonds. The smallest absolute Gasteiger partial charge is 0.329 e. The molecule has 7 heteroatoms. The van der Waals surface area contributed by atoms with Gasteiger partial charge in [-0.3, -0.25) is 9.59 Å². The lowest BCUT2D eigenvalue weighted by Gasteiger charge is -2.25. The number of para-hydroxylation sites is 2. The van der Waals surface area contributed by atoms with Crippen molar-refractivity contribution in [1.29, 1.82) is 0 Å². The van der Waals surface area contributed by atoms with Crippen molar-refractivity contribution in [1.82, 2.24) is 14.9 Å². The minimum Gasteiger partial charge on any atom is -0.480 e. The number of imidazole rings is 1. The third-order valence-corrected chi connectivity index (χ3v) is 7.68. The quantitative estimate of drug-likeness (QED) is 0.204. The molecule has 7 nitrogen and oxygen atoms in total. The van der Waals surface area contributed by atoms with E-state index in [4.69, 9.17) is 0 Å². The van der Waals surface area contributed by atoms with E-state index in [0.717, 1.165) is 54.3 Å². The third-order valence-electron chi connectivity index (χ3n) is 7.68. The lowest BCUT2D eigenvalue weighted by Crippen LogP contribution is -2.52. The monoisotopic (exact) mass is 523 g/mol. The van der Waals surface area contributed by atoms with Crippen molar-refractivity contribution in [3.05, 3.63) is 101 Å². The van der Waals surface area contributed by atoms with Crippen LogP contribution in [0.25, 0.3) is 11.0 Å². The molecule has 1 saturated carbocycles. The first kappa shape index (κ1) is 26.4. The van der Waals surface area contributed by atoms with Gasteiger partial charge in [0.15, 0.2) is 5.82 Å². The van der Waals surface area contributed by atoms with Crippen LogP contribution in [0.15, 0.2) is 72.8 Å². The van der Waals surface area contributed by atoms with Crippen molar-refractivity contribution in [2.24, 2.45) is 0 Å². The molecule has 1 fully saturated rings. The molecule has 0 unspecified atom stereocenters. The van der Waals surface area contributed by atoms with Crippen LogP contribution in [0.1, 0.15) is 76.2 Å². The fraction of sp³-hybridized carbons (Fsp3) is 0.312. The number of carbonyl (C=O) groups excluding carboxylic acids is 2. The Bertz CT molecular complexity index is 1510. The van der Waals surface area contributed by atoms with E-state index in [0.29, 0.717) is 36.3 Å². The van der Waals surface area contributed by atoms with Gasteiger partial charge in [0.05, 0.1) is 11.0 Å². The van der Waals surface area contributed by atoms with Crippen molar-refractivity contribution in [2.75, 3.05) is 0 Å². The summed E-state index contributed by atoms with van der Waals surface area (Å²) in [5.41, 5.74) is 3.79. The highest BCUT2D eigenvalue weighted by Crippen LogP contribution is 2.30. The predicted molar refractivity (Wildman–Crippen MR) is 150 cm³/mol. The van der Waals surface area contributed by atoms with E-state index in [9.17, 15) is 19.5 Å². The Balaban J connectivity index is 1.25. The molecule has 0 atom stereocenters. The number of aromatic nitrogens is 2. The number of nitrogens with zero attached hydrogens (tertiary/aromatic N) is 2. The van der Waals surface area contributed by atoms with Gasteiger partial charge >= 0.3 is 5.97 Å². The number of nitrogens with one attached hydrogen (secondary N) is 1. The van der Waals surface area contributed by atoms with E-state index < -0.39 is 11.5 Å². The average Bonchev–Trinajstić information content (AvgIpc) is 3.57. The maximum atomic E-state index is 13.3. The number of carboxylic acid groups (broad SMARTS) is 1. The molecule has 1 aliphatic carbocycles. The number of benzene rings is 3. The summed E-state index contributed by atoms with van der Waals surface area (Å²) >= 11 is 0. The lowest BCUT2D eigenvalue weighted by atomic mass is 9.96. The number of aliphatic carboxylic acids is 1. The molecule has 1 aliphatic rings. The second-order valence-electron chi connectivity index (χ2n) is 10.5. The van der Waals surface area contributed by atoms with E-state index in [-0.39, 0.29) is 11.7 Å². The van der Waals surface area contributed by atoms with Gasteiger partial charge < -0.3 is 15.0 Å². The first-order valence-electron chi connectivity index (χ1n) is 13.6. The summed E-state index contributed by atoms with van der Waals surface area (Å²) < 4.78 is 2.01. The lowest BCUT2D eigenvalue weighted by molar-refractivity contribution is -0.144. The van der Waals surface area contributed by atoms with Crippen molar-refractivity contribution < 1.29 is 19.5 Å². The molecule has 0 radical (unpaired) electrons. The van der Waals surface area contributed by atoms with Gasteiger partial charge in [-0.1, -0.05) is 66.9 Å². The van der Waals surface area contributed by atoms with Crippen molar-refractivity contribution in [3.63, 3.8) is 0 Å². The largest absolute Gasteiger partial charge is 0.480 e. The zero-order chi connectivity index (χ0) is 27.4. The summed E-state index contributed by atoms with van der Waals surface area (Å²) in [5, 5.41) is 12.5. The van der Waals surface area contributed by atoms with Crippen molar-refractivity contribution in [3.8, 4) is 0 Å². The van der Waals surface area contributed by atoms with Gasteiger partial charge in [0.25, 0.3) is 5.91 Å². The van der Waals surface area contributed by atoms with Gasteiger partial charge in [0, 0.05) is 17.7 Å². The Hall–Kier alpha value is -4.26. The number of amides is 1. The molecule has 1 aromatic heterocycles. The zero-order valence-electron chi connectivity index (χ0n) is 22.2. The molecule has 1 heterocycles. The van der Waals surface area contributed by atoms with E-state index in [2.05, 4.69) is 10.3 Å². The fourth-order valence-corrected chi connectivity index (χ4v) is 5.44. The Kier molecular flexibility index (Phi) is 7.59. The number of fused-ring (bicyclic) bond motifs is 1. The molecule has 5 rings (SSSR count). The number of ketones is 1. The minimum atomic E-state index is -1.16. The SMILES string of the molecule is Cc1ccc(C(=O)c2nc3ccccc3n2CCCCc2cccc(C(=O)NC3(C(=O)O)CCCC3)c2)cc1. The van der Waals surface area contributed by atoms with E-state index in [1.54, 1.807) is 6.07 Å². The molecule has 39 heavy (non-hydrogen) atoms. The Morgan fingerprint density at radius 3 is 2.41 bits per heavy atom. The van der Waals surface area contributed by atoms with Crippen LogP contribution in [0.2, 0.25) is 0 Å². The van der Waals surface area contributed by atoms with Crippen LogP contribution in [0, 0.1) is 6.92 Å². The molecule has 0 spiro atoms.